The van der Waals surface area contributed by atoms with Gasteiger partial charge in [-0.05, 0) is 12.8 Å². The topological polar surface area (TPSA) is 0 Å². The zero-order valence-electron chi connectivity index (χ0n) is 11.6. The van der Waals surface area contributed by atoms with E-state index in [0.29, 0.717) is 0 Å². The average molecular weight is 322 g/mol. The molecule has 0 aliphatic heterocycles. The van der Waals surface area contributed by atoms with Crippen LogP contribution < -0.4 is 0 Å². The summed E-state index contributed by atoms with van der Waals surface area (Å²) in [6.45, 7) is 1.61. The summed E-state index contributed by atoms with van der Waals surface area (Å²) in [6, 6.07) is 0. The summed E-state index contributed by atoms with van der Waals surface area (Å²) in [5.74, 6) is -20.6. The van der Waals surface area contributed by atoms with Gasteiger partial charge < -0.3 is 0 Å². The standard InChI is InChI=1S/C12H15BF8/c1-7(13)2-4-8(5-3-7)11(18,19)9(14,15)6-10(16,17)12(8,20)21/h2-6,13H2,1H3. The van der Waals surface area contributed by atoms with E-state index in [-0.39, 0.29) is 12.8 Å². The predicted molar refractivity (Wildman–Crippen MR) is 62.2 cm³/mol. The van der Waals surface area contributed by atoms with Crippen LogP contribution in [0.2, 0.25) is 5.31 Å². The van der Waals surface area contributed by atoms with Gasteiger partial charge in [-0.2, -0.15) is 35.1 Å². The molecule has 0 radical (unpaired) electrons. The van der Waals surface area contributed by atoms with E-state index < -0.39 is 53.7 Å². The van der Waals surface area contributed by atoms with Crippen molar-refractivity contribution >= 4 is 7.85 Å². The summed E-state index contributed by atoms with van der Waals surface area (Å²) in [5.41, 5.74) is -3.69. The first-order chi connectivity index (χ1) is 9.12. The van der Waals surface area contributed by atoms with Crippen LogP contribution in [0.4, 0.5) is 35.1 Å². The minimum Gasteiger partial charge on any atom is -0.200 e. The average Bonchev–Trinajstić information content (AvgIpc) is 2.25. The van der Waals surface area contributed by atoms with E-state index >= 15 is 0 Å². The minimum atomic E-state index is -5.16. The number of hydrogen-bond donors (Lipinski definition) is 0. The summed E-state index contributed by atoms with van der Waals surface area (Å²) in [7, 11) is 1.61. The molecule has 0 heterocycles. The molecule has 0 nitrogen and oxygen atoms in total. The van der Waals surface area contributed by atoms with Crippen molar-refractivity contribution in [3.63, 3.8) is 0 Å². The van der Waals surface area contributed by atoms with E-state index in [0.717, 1.165) is 0 Å². The zero-order chi connectivity index (χ0) is 16.5. The molecule has 2 aliphatic carbocycles. The first-order valence-electron chi connectivity index (χ1n) is 6.63. The molecule has 1 spiro atoms. The van der Waals surface area contributed by atoms with Gasteiger partial charge in [0.25, 0.3) is 0 Å². The Morgan fingerprint density at radius 3 is 1.33 bits per heavy atom. The Kier molecular flexibility index (Phi) is 3.27. The van der Waals surface area contributed by atoms with Crippen molar-refractivity contribution in [1.29, 1.82) is 0 Å². The van der Waals surface area contributed by atoms with Crippen LogP contribution in [-0.2, 0) is 0 Å². The third kappa shape index (κ3) is 1.94. The third-order valence-corrected chi connectivity index (χ3v) is 5.02. The minimum absolute atomic E-state index is 0.232. The summed E-state index contributed by atoms with van der Waals surface area (Å²) < 4.78 is 110. The van der Waals surface area contributed by atoms with Gasteiger partial charge in [-0.3, -0.25) is 0 Å². The van der Waals surface area contributed by atoms with Gasteiger partial charge in [0.05, 0.1) is 6.42 Å². The molecule has 2 fully saturated rings. The van der Waals surface area contributed by atoms with Crippen LogP contribution in [0.25, 0.3) is 0 Å². The summed E-state index contributed by atoms with van der Waals surface area (Å²) >= 11 is 0. The lowest BCUT2D eigenvalue weighted by Crippen LogP contribution is -2.73. The Morgan fingerprint density at radius 2 is 1.00 bits per heavy atom. The van der Waals surface area contributed by atoms with Crippen molar-refractivity contribution in [3.05, 3.63) is 0 Å². The number of alkyl halides is 8. The Morgan fingerprint density at radius 1 is 0.667 bits per heavy atom. The molecular formula is C12H15BF8. The SMILES string of the molecule is BC1(C)CCC2(CC1)C(F)(F)C(F)(F)CC(F)(F)C2(F)F. The molecule has 0 saturated heterocycles. The lowest BCUT2D eigenvalue weighted by molar-refractivity contribution is -0.419. The maximum absolute atomic E-state index is 14.1. The summed E-state index contributed by atoms with van der Waals surface area (Å²) in [6.07, 6.45) is -5.39. The Balaban J connectivity index is 2.58. The van der Waals surface area contributed by atoms with Crippen LogP contribution in [0.3, 0.4) is 0 Å². The van der Waals surface area contributed by atoms with Gasteiger partial charge in [-0.25, -0.2) is 0 Å². The first-order valence-corrected chi connectivity index (χ1v) is 6.63. The fourth-order valence-corrected chi connectivity index (χ4v) is 3.38. The number of rotatable bonds is 0. The number of hydrogen-bond acceptors (Lipinski definition) is 0. The molecule has 9 heteroatoms. The van der Waals surface area contributed by atoms with Gasteiger partial charge in [-0.15, -0.1) is 0 Å². The van der Waals surface area contributed by atoms with E-state index in [2.05, 4.69) is 0 Å². The molecule has 0 unspecified atom stereocenters. The zero-order valence-corrected chi connectivity index (χ0v) is 11.6. The quantitative estimate of drug-likeness (QED) is 0.461. The van der Waals surface area contributed by atoms with E-state index in [1.54, 1.807) is 14.8 Å². The van der Waals surface area contributed by atoms with Gasteiger partial charge in [0.15, 0.2) is 0 Å². The molecule has 122 valence electrons. The fraction of sp³-hybridized carbons (Fsp3) is 1.00. The number of halogens is 8. The predicted octanol–water partition coefficient (Wildman–Crippen LogP) is 4.30. The van der Waals surface area contributed by atoms with E-state index in [9.17, 15) is 35.1 Å². The molecule has 0 aromatic heterocycles. The molecule has 21 heavy (non-hydrogen) atoms. The van der Waals surface area contributed by atoms with Crippen molar-refractivity contribution < 1.29 is 35.1 Å². The normalized spacial score (nSPS) is 34.5. The highest BCUT2D eigenvalue weighted by Crippen LogP contribution is 2.72. The molecule has 0 N–H and O–H groups in total. The smallest absolute Gasteiger partial charge is 0.200 e. The second-order valence-electron chi connectivity index (χ2n) is 6.98. The van der Waals surface area contributed by atoms with Crippen molar-refractivity contribution in [2.75, 3.05) is 0 Å². The van der Waals surface area contributed by atoms with Gasteiger partial charge in [-0.1, -0.05) is 25.1 Å². The van der Waals surface area contributed by atoms with Crippen molar-refractivity contribution in [2.45, 2.75) is 68.0 Å². The highest BCUT2D eigenvalue weighted by atomic mass is 19.3. The molecule has 0 atom stereocenters. The molecule has 2 saturated carbocycles. The fourth-order valence-electron chi connectivity index (χ4n) is 3.38. The van der Waals surface area contributed by atoms with E-state index in [4.69, 9.17) is 0 Å². The monoisotopic (exact) mass is 322 g/mol. The van der Waals surface area contributed by atoms with Crippen LogP contribution in [0.5, 0.6) is 0 Å². The van der Waals surface area contributed by atoms with Crippen LogP contribution in [0.1, 0.15) is 39.0 Å². The second-order valence-corrected chi connectivity index (χ2v) is 6.98. The maximum Gasteiger partial charge on any atom is 0.321 e. The van der Waals surface area contributed by atoms with Gasteiger partial charge in [0, 0.05) is 0 Å². The van der Waals surface area contributed by atoms with Crippen molar-refractivity contribution in [2.24, 2.45) is 5.41 Å². The maximum atomic E-state index is 14.1. The lowest BCUT2D eigenvalue weighted by atomic mass is 9.50. The largest absolute Gasteiger partial charge is 0.321 e. The molecular weight excluding hydrogens is 307 g/mol. The van der Waals surface area contributed by atoms with Gasteiger partial charge in [0.1, 0.15) is 13.3 Å². The second kappa shape index (κ2) is 4.07. The third-order valence-electron chi connectivity index (χ3n) is 5.02. The highest BCUT2D eigenvalue weighted by molar-refractivity contribution is 6.14. The van der Waals surface area contributed by atoms with Crippen molar-refractivity contribution in [3.8, 4) is 0 Å². The molecule has 2 aliphatic rings. The molecule has 2 rings (SSSR count). The van der Waals surface area contributed by atoms with Crippen LogP contribution in [0, 0.1) is 5.41 Å². The van der Waals surface area contributed by atoms with Gasteiger partial charge in [0.2, 0.25) is 0 Å². The Labute approximate surface area is 117 Å². The van der Waals surface area contributed by atoms with E-state index in [1.807, 2.05) is 0 Å². The summed E-state index contributed by atoms with van der Waals surface area (Å²) in [5, 5.41) is -0.612. The molecule has 0 bridgehead atoms. The Bertz CT molecular complexity index is 405. The van der Waals surface area contributed by atoms with Gasteiger partial charge >= 0.3 is 23.7 Å². The molecule has 0 aromatic rings. The van der Waals surface area contributed by atoms with Crippen LogP contribution in [-0.4, -0.2) is 31.5 Å². The van der Waals surface area contributed by atoms with Crippen LogP contribution in [0.15, 0.2) is 0 Å². The lowest BCUT2D eigenvalue weighted by Gasteiger charge is -2.57. The Hall–Kier alpha value is -0.495. The van der Waals surface area contributed by atoms with Crippen molar-refractivity contribution in [1.82, 2.24) is 0 Å². The molecule has 0 amide bonds. The highest BCUT2D eigenvalue weighted by Gasteiger charge is 2.88. The molecule has 0 aromatic carbocycles. The first kappa shape index (κ1) is 16.9. The summed E-state index contributed by atoms with van der Waals surface area (Å²) in [4.78, 5) is 0. The van der Waals surface area contributed by atoms with E-state index in [1.165, 1.54) is 0 Å². The van der Waals surface area contributed by atoms with Crippen LogP contribution >= 0.6 is 0 Å².